The lowest BCUT2D eigenvalue weighted by Crippen LogP contribution is -2.50. The summed E-state index contributed by atoms with van der Waals surface area (Å²) in [6.45, 7) is 8.51. The molecule has 2 atom stereocenters. The molecule has 0 amide bonds. The molecule has 0 aliphatic heterocycles. The number of hydrogen-bond acceptors (Lipinski definition) is 1. The first kappa shape index (κ1) is 12.9. The van der Waals surface area contributed by atoms with Crippen LogP contribution in [-0.4, -0.2) is 12.2 Å². The minimum Gasteiger partial charge on any atom is -0.349 e. The summed E-state index contributed by atoms with van der Waals surface area (Å²) in [6.07, 6.45) is 15.1. The molecule has 0 unspecified atom stereocenters. The molecule has 0 N–H and O–H groups in total. The predicted molar refractivity (Wildman–Crippen MR) is 67.7 cm³/mol. The van der Waals surface area contributed by atoms with Crippen molar-refractivity contribution >= 4 is 0 Å². The van der Waals surface area contributed by atoms with Gasteiger partial charge in [-0.3, -0.25) is 0 Å². The smallest absolute Gasteiger partial charge is 0.138 e. The normalized spacial score (nSPS) is 33.8. The van der Waals surface area contributed by atoms with Crippen LogP contribution < -0.4 is 0 Å². The first-order valence-corrected chi connectivity index (χ1v) is 5.73. The largest absolute Gasteiger partial charge is 0.349 e. The van der Waals surface area contributed by atoms with Gasteiger partial charge in [0.1, 0.15) is 12.2 Å². The van der Waals surface area contributed by atoms with Gasteiger partial charge in [0, 0.05) is 5.41 Å². The first-order valence-electron chi connectivity index (χ1n) is 5.73. The van der Waals surface area contributed by atoms with Gasteiger partial charge in [-0.2, -0.15) is 0 Å². The molecule has 1 fully saturated rings. The van der Waals surface area contributed by atoms with E-state index in [2.05, 4.69) is 25.3 Å². The standard InChI is InChI=1S/C15H20O/c1-6-12-16-15(7-2)11-9-8-10-14(15,5)13(3)4/h1-2H,3,8-12H2,4-5H3/t14-,15-/m1/s1. The fourth-order valence-corrected chi connectivity index (χ4v) is 2.56. The number of terminal acetylenes is 2. The van der Waals surface area contributed by atoms with Crippen LogP contribution >= 0.6 is 0 Å². The van der Waals surface area contributed by atoms with E-state index >= 15 is 0 Å². The monoisotopic (exact) mass is 216 g/mol. The molecular weight excluding hydrogens is 196 g/mol. The van der Waals surface area contributed by atoms with Crippen molar-refractivity contribution in [3.05, 3.63) is 12.2 Å². The average Bonchev–Trinajstić information content (AvgIpc) is 2.28. The molecule has 0 heterocycles. The van der Waals surface area contributed by atoms with Gasteiger partial charge in [-0.15, -0.1) is 12.8 Å². The second-order valence-electron chi connectivity index (χ2n) is 4.78. The number of hydrogen-bond donors (Lipinski definition) is 0. The molecule has 1 saturated carbocycles. The van der Waals surface area contributed by atoms with E-state index in [0.717, 1.165) is 24.8 Å². The van der Waals surface area contributed by atoms with E-state index in [4.69, 9.17) is 17.6 Å². The van der Waals surface area contributed by atoms with Crippen molar-refractivity contribution in [1.82, 2.24) is 0 Å². The summed E-state index contributed by atoms with van der Waals surface area (Å²) in [5.41, 5.74) is 0.363. The molecular formula is C15H20O. The maximum absolute atomic E-state index is 5.81. The summed E-state index contributed by atoms with van der Waals surface area (Å²) in [7, 11) is 0. The Hall–Kier alpha value is -1.18. The van der Waals surface area contributed by atoms with Crippen molar-refractivity contribution in [2.24, 2.45) is 5.41 Å². The highest BCUT2D eigenvalue weighted by atomic mass is 16.5. The van der Waals surface area contributed by atoms with Gasteiger partial charge in [0.05, 0.1) is 0 Å². The lowest BCUT2D eigenvalue weighted by Gasteiger charge is -2.48. The Balaban J connectivity index is 3.08. The third kappa shape index (κ3) is 1.89. The maximum atomic E-state index is 5.81. The average molecular weight is 216 g/mol. The topological polar surface area (TPSA) is 9.23 Å². The molecule has 86 valence electrons. The first-order chi connectivity index (χ1) is 7.52. The Morgan fingerprint density at radius 2 is 2.00 bits per heavy atom. The van der Waals surface area contributed by atoms with Crippen molar-refractivity contribution < 1.29 is 4.74 Å². The lowest BCUT2D eigenvalue weighted by atomic mass is 9.61. The molecule has 0 spiro atoms. The quantitative estimate of drug-likeness (QED) is 0.520. The lowest BCUT2D eigenvalue weighted by molar-refractivity contribution is -0.0837. The Kier molecular flexibility index (Phi) is 3.84. The van der Waals surface area contributed by atoms with Gasteiger partial charge in [0.25, 0.3) is 0 Å². The van der Waals surface area contributed by atoms with Gasteiger partial charge in [-0.25, -0.2) is 0 Å². The number of rotatable bonds is 3. The molecule has 0 bridgehead atoms. The van der Waals surface area contributed by atoms with Crippen LogP contribution in [0.25, 0.3) is 0 Å². The molecule has 0 aromatic heterocycles. The van der Waals surface area contributed by atoms with Crippen molar-refractivity contribution in [1.29, 1.82) is 0 Å². The van der Waals surface area contributed by atoms with Crippen molar-refractivity contribution in [2.45, 2.75) is 45.1 Å². The van der Waals surface area contributed by atoms with E-state index in [1.165, 1.54) is 6.42 Å². The summed E-state index contributed by atoms with van der Waals surface area (Å²) in [4.78, 5) is 0. The van der Waals surface area contributed by atoms with Gasteiger partial charge in [0.2, 0.25) is 0 Å². The molecule has 1 aliphatic rings. The zero-order valence-corrected chi connectivity index (χ0v) is 10.3. The summed E-state index contributed by atoms with van der Waals surface area (Å²) in [5.74, 6) is 5.35. The van der Waals surface area contributed by atoms with E-state index in [0.29, 0.717) is 0 Å². The third-order valence-corrected chi connectivity index (χ3v) is 3.92. The van der Waals surface area contributed by atoms with Gasteiger partial charge >= 0.3 is 0 Å². The zero-order valence-electron chi connectivity index (χ0n) is 10.3. The summed E-state index contributed by atoms with van der Waals surface area (Å²) in [5, 5.41) is 0. The Labute approximate surface area is 99.3 Å². The van der Waals surface area contributed by atoms with Gasteiger partial charge < -0.3 is 4.74 Å². The fourth-order valence-electron chi connectivity index (χ4n) is 2.56. The summed E-state index contributed by atoms with van der Waals surface area (Å²) < 4.78 is 5.81. The van der Waals surface area contributed by atoms with Crippen LogP contribution in [0.3, 0.4) is 0 Å². The highest BCUT2D eigenvalue weighted by molar-refractivity contribution is 5.27. The van der Waals surface area contributed by atoms with E-state index in [-0.39, 0.29) is 12.0 Å². The minimum absolute atomic E-state index is 0.156. The molecule has 16 heavy (non-hydrogen) atoms. The van der Waals surface area contributed by atoms with Crippen LogP contribution in [0.1, 0.15) is 39.5 Å². The highest BCUT2D eigenvalue weighted by Crippen LogP contribution is 2.50. The van der Waals surface area contributed by atoms with E-state index in [9.17, 15) is 0 Å². The van der Waals surface area contributed by atoms with Crippen LogP contribution in [0, 0.1) is 30.1 Å². The van der Waals surface area contributed by atoms with E-state index < -0.39 is 5.60 Å². The van der Waals surface area contributed by atoms with Crippen LogP contribution in [-0.2, 0) is 4.74 Å². The highest BCUT2D eigenvalue weighted by Gasteiger charge is 2.50. The molecule has 0 radical (unpaired) electrons. The van der Waals surface area contributed by atoms with E-state index in [1.54, 1.807) is 0 Å². The fraction of sp³-hybridized carbons (Fsp3) is 0.600. The Morgan fingerprint density at radius 1 is 1.38 bits per heavy atom. The predicted octanol–water partition coefficient (Wildman–Crippen LogP) is 3.16. The molecule has 1 rings (SSSR count). The van der Waals surface area contributed by atoms with Crippen LogP contribution in [0.4, 0.5) is 0 Å². The van der Waals surface area contributed by atoms with E-state index in [1.807, 2.05) is 6.92 Å². The molecule has 0 saturated heterocycles. The second kappa shape index (κ2) is 4.77. The van der Waals surface area contributed by atoms with Gasteiger partial charge in [-0.05, 0) is 26.2 Å². The van der Waals surface area contributed by atoms with Crippen molar-refractivity contribution in [3.8, 4) is 24.7 Å². The summed E-state index contributed by atoms with van der Waals surface area (Å²) in [6, 6.07) is 0. The maximum Gasteiger partial charge on any atom is 0.138 e. The molecule has 1 aliphatic carbocycles. The zero-order chi connectivity index (χ0) is 12.2. The molecule has 0 aromatic rings. The second-order valence-corrected chi connectivity index (χ2v) is 4.78. The molecule has 1 nitrogen and oxygen atoms in total. The SMILES string of the molecule is C#CCO[C@]1(C#C)CCCC[C@]1(C)C(=C)C. The summed E-state index contributed by atoms with van der Waals surface area (Å²) >= 11 is 0. The minimum atomic E-state index is -0.566. The molecule has 0 aromatic carbocycles. The number of ether oxygens (including phenoxy) is 1. The van der Waals surface area contributed by atoms with Crippen LogP contribution in [0.5, 0.6) is 0 Å². The van der Waals surface area contributed by atoms with Gasteiger partial charge in [-0.1, -0.05) is 37.3 Å². The molecule has 1 heteroatoms. The van der Waals surface area contributed by atoms with Crippen molar-refractivity contribution in [3.63, 3.8) is 0 Å². The third-order valence-electron chi connectivity index (χ3n) is 3.92. The van der Waals surface area contributed by atoms with Crippen LogP contribution in [0.2, 0.25) is 0 Å². The van der Waals surface area contributed by atoms with Gasteiger partial charge in [0.15, 0.2) is 0 Å². The van der Waals surface area contributed by atoms with Crippen LogP contribution in [0.15, 0.2) is 12.2 Å². The van der Waals surface area contributed by atoms with Crippen molar-refractivity contribution in [2.75, 3.05) is 6.61 Å². The Morgan fingerprint density at radius 3 is 2.50 bits per heavy atom. The Bertz CT molecular complexity index is 355.